The fraction of sp³-hybridized carbons (Fsp3) is 0. The number of rotatable bonds is 2. The summed E-state index contributed by atoms with van der Waals surface area (Å²) in [7, 11) is 0. The standard InChI is InChI=1S/C19H14N2/c1-2-6-17-15(5-1)9-10-18-16(13-21-19(17)18)8-7-14-4-3-11-20-12-14/h1-13,21H/b8-7+. The normalized spacial score (nSPS) is 11.6. The van der Waals surface area contributed by atoms with Gasteiger partial charge in [0, 0.05) is 29.4 Å². The van der Waals surface area contributed by atoms with E-state index in [-0.39, 0.29) is 0 Å². The van der Waals surface area contributed by atoms with Crippen molar-refractivity contribution in [3.8, 4) is 0 Å². The summed E-state index contributed by atoms with van der Waals surface area (Å²) in [6.45, 7) is 0. The van der Waals surface area contributed by atoms with Crippen molar-refractivity contribution in [2.45, 2.75) is 0 Å². The lowest BCUT2D eigenvalue weighted by Gasteiger charge is -1.99. The number of nitrogens with one attached hydrogen (secondary N) is 1. The molecule has 1 N–H and O–H groups in total. The number of benzene rings is 2. The van der Waals surface area contributed by atoms with E-state index in [2.05, 4.69) is 64.7 Å². The first-order chi connectivity index (χ1) is 10.4. The molecule has 0 spiro atoms. The smallest absolute Gasteiger partial charge is 0.0539 e. The van der Waals surface area contributed by atoms with E-state index < -0.39 is 0 Å². The fourth-order valence-electron chi connectivity index (χ4n) is 2.69. The van der Waals surface area contributed by atoms with Crippen molar-refractivity contribution in [1.29, 1.82) is 0 Å². The first-order valence-corrected chi connectivity index (χ1v) is 6.99. The van der Waals surface area contributed by atoms with E-state index in [1.165, 1.54) is 27.2 Å². The second kappa shape index (κ2) is 4.91. The summed E-state index contributed by atoms with van der Waals surface area (Å²) in [5.74, 6) is 0. The minimum absolute atomic E-state index is 1.10. The van der Waals surface area contributed by atoms with Gasteiger partial charge in [-0.1, -0.05) is 54.6 Å². The van der Waals surface area contributed by atoms with Gasteiger partial charge in [-0.3, -0.25) is 4.98 Å². The molecule has 2 aromatic carbocycles. The van der Waals surface area contributed by atoms with Gasteiger partial charge < -0.3 is 4.98 Å². The van der Waals surface area contributed by atoms with Crippen LogP contribution in [0.25, 0.3) is 33.8 Å². The van der Waals surface area contributed by atoms with Crippen molar-refractivity contribution in [2.75, 3.05) is 0 Å². The average Bonchev–Trinajstić information content (AvgIpc) is 2.97. The lowest BCUT2D eigenvalue weighted by molar-refractivity contribution is 1.32. The molecule has 0 amide bonds. The van der Waals surface area contributed by atoms with Gasteiger partial charge in [-0.15, -0.1) is 0 Å². The van der Waals surface area contributed by atoms with E-state index in [0.29, 0.717) is 0 Å². The minimum atomic E-state index is 1.10. The molecule has 0 saturated carbocycles. The number of fused-ring (bicyclic) bond motifs is 3. The molecule has 0 fully saturated rings. The molecular weight excluding hydrogens is 256 g/mol. The van der Waals surface area contributed by atoms with Gasteiger partial charge >= 0.3 is 0 Å². The van der Waals surface area contributed by atoms with Crippen molar-refractivity contribution < 1.29 is 0 Å². The molecule has 100 valence electrons. The second-order valence-corrected chi connectivity index (χ2v) is 5.07. The molecule has 0 unspecified atom stereocenters. The number of hydrogen-bond acceptors (Lipinski definition) is 1. The summed E-state index contributed by atoms with van der Waals surface area (Å²) in [6.07, 6.45) is 9.93. The maximum atomic E-state index is 4.13. The molecule has 0 aliphatic carbocycles. The fourth-order valence-corrected chi connectivity index (χ4v) is 2.69. The lowest BCUT2D eigenvalue weighted by atomic mass is 10.1. The molecule has 2 nitrogen and oxygen atoms in total. The Kier molecular flexibility index (Phi) is 2.79. The molecule has 0 aliphatic rings. The predicted molar refractivity (Wildman–Crippen MR) is 89.0 cm³/mol. The molecule has 0 bridgehead atoms. The Morgan fingerprint density at radius 3 is 2.71 bits per heavy atom. The van der Waals surface area contributed by atoms with E-state index in [4.69, 9.17) is 0 Å². The second-order valence-electron chi connectivity index (χ2n) is 5.07. The summed E-state index contributed by atoms with van der Waals surface area (Å²) in [5.41, 5.74) is 3.49. The molecule has 0 saturated heterocycles. The molecule has 21 heavy (non-hydrogen) atoms. The van der Waals surface area contributed by atoms with E-state index in [1.807, 2.05) is 18.3 Å². The largest absolute Gasteiger partial charge is 0.360 e. The highest BCUT2D eigenvalue weighted by Crippen LogP contribution is 2.27. The Morgan fingerprint density at radius 2 is 1.81 bits per heavy atom. The van der Waals surface area contributed by atoms with Crippen LogP contribution in [0.3, 0.4) is 0 Å². The first kappa shape index (κ1) is 11.9. The van der Waals surface area contributed by atoms with Gasteiger partial charge in [0.1, 0.15) is 0 Å². The van der Waals surface area contributed by atoms with Crippen LogP contribution >= 0.6 is 0 Å². The predicted octanol–water partition coefficient (Wildman–Crippen LogP) is 4.89. The van der Waals surface area contributed by atoms with Gasteiger partial charge in [-0.2, -0.15) is 0 Å². The van der Waals surface area contributed by atoms with E-state index in [0.717, 1.165) is 5.56 Å². The third kappa shape index (κ3) is 2.11. The summed E-state index contributed by atoms with van der Waals surface area (Å²) >= 11 is 0. The Balaban J connectivity index is 1.84. The van der Waals surface area contributed by atoms with Crippen molar-refractivity contribution in [3.63, 3.8) is 0 Å². The van der Waals surface area contributed by atoms with Crippen LogP contribution < -0.4 is 0 Å². The lowest BCUT2D eigenvalue weighted by Crippen LogP contribution is -1.75. The Bertz CT molecular complexity index is 934. The number of hydrogen-bond donors (Lipinski definition) is 1. The molecule has 0 radical (unpaired) electrons. The Hall–Kier alpha value is -2.87. The van der Waals surface area contributed by atoms with Crippen molar-refractivity contribution >= 4 is 33.8 Å². The van der Waals surface area contributed by atoms with Crippen LogP contribution in [0.4, 0.5) is 0 Å². The molecule has 4 rings (SSSR count). The molecular formula is C19H14N2. The van der Waals surface area contributed by atoms with Crippen LogP contribution in [0.5, 0.6) is 0 Å². The third-order valence-corrected chi connectivity index (χ3v) is 3.75. The molecule has 2 aromatic heterocycles. The van der Waals surface area contributed by atoms with Gasteiger partial charge in [0.2, 0.25) is 0 Å². The Morgan fingerprint density at radius 1 is 0.857 bits per heavy atom. The number of H-pyrrole nitrogens is 1. The van der Waals surface area contributed by atoms with Crippen molar-refractivity contribution in [2.24, 2.45) is 0 Å². The number of nitrogens with zero attached hydrogens (tertiary/aromatic N) is 1. The highest BCUT2D eigenvalue weighted by molar-refractivity contribution is 6.08. The van der Waals surface area contributed by atoms with E-state index in [1.54, 1.807) is 6.20 Å². The average molecular weight is 270 g/mol. The van der Waals surface area contributed by atoms with Crippen molar-refractivity contribution in [3.05, 3.63) is 78.2 Å². The maximum absolute atomic E-state index is 4.13. The maximum Gasteiger partial charge on any atom is 0.0539 e. The van der Waals surface area contributed by atoms with Gasteiger partial charge in [-0.25, -0.2) is 0 Å². The molecule has 0 aliphatic heterocycles. The van der Waals surface area contributed by atoms with Crippen LogP contribution in [0.15, 0.2) is 67.1 Å². The van der Waals surface area contributed by atoms with Crippen LogP contribution in [-0.4, -0.2) is 9.97 Å². The molecule has 4 aromatic rings. The van der Waals surface area contributed by atoms with Crippen LogP contribution in [0, 0.1) is 0 Å². The van der Waals surface area contributed by atoms with Crippen LogP contribution in [0.2, 0.25) is 0 Å². The third-order valence-electron chi connectivity index (χ3n) is 3.75. The number of aromatic amines is 1. The van der Waals surface area contributed by atoms with Gasteiger partial charge in [-0.05, 0) is 22.6 Å². The zero-order chi connectivity index (χ0) is 14.1. The number of aromatic nitrogens is 2. The summed E-state index contributed by atoms with van der Waals surface area (Å²) in [4.78, 5) is 7.53. The molecule has 2 heteroatoms. The highest BCUT2D eigenvalue weighted by atomic mass is 14.7. The van der Waals surface area contributed by atoms with E-state index in [9.17, 15) is 0 Å². The molecule has 0 atom stereocenters. The zero-order valence-electron chi connectivity index (χ0n) is 11.5. The number of pyridine rings is 1. The summed E-state index contributed by atoms with van der Waals surface area (Å²) in [6, 6.07) is 16.8. The molecule has 2 heterocycles. The Labute approximate surface area is 122 Å². The minimum Gasteiger partial charge on any atom is -0.360 e. The van der Waals surface area contributed by atoms with Gasteiger partial charge in [0.25, 0.3) is 0 Å². The highest BCUT2D eigenvalue weighted by Gasteiger charge is 2.04. The van der Waals surface area contributed by atoms with Crippen LogP contribution in [0.1, 0.15) is 11.1 Å². The zero-order valence-corrected chi connectivity index (χ0v) is 11.5. The first-order valence-electron chi connectivity index (χ1n) is 6.99. The van der Waals surface area contributed by atoms with Crippen LogP contribution in [-0.2, 0) is 0 Å². The van der Waals surface area contributed by atoms with Gasteiger partial charge in [0.15, 0.2) is 0 Å². The quantitative estimate of drug-likeness (QED) is 0.552. The SMILES string of the molecule is C(=C\c1c[nH]c2c1ccc1ccccc12)/c1cccnc1. The van der Waals surface area contributed by atoms with Gasteiger partial charge in [0.05, 0.1) is 5.52 Å². The summed E-state index contributed by atoms with van der Waals surface area (Å²) < 4.78 is 0. The monoisotopic (exact) mass is 270 g/mol. The topological polar surface area (TPSA) is 28.7 Å². The van der Waals surface area contributed by atoms with E-state index >= 15 is 0 Å². The van der Waals surface area contributed by atoms with Crippen molar-refractivity contribution in [1.82, 2.24) is 9.97 Å². The summed E-state index contributed by atoms with van der Waals surface area (Å²) in [5, 5.41) is 3.76.